The van der Waals surface area contributed by atoms with Crippen molar-refractivity contribution in [1.29, 1.82) is 0 Å². The van der Waals surface area contributed by atoms with Crippen LogP contribution in [0.5, 0.6) is 0 Å². The highest BCUT2D eigenvalue weighted by Gasteiger charge is 2.52. The lowest BCUT2D eigenvalue weighted by molar-refractivity contribution is 0.795. The highest BCUT2D eigenvalue weighted by atomic mass is 14.7. The van der Waals surface area contributed by atoms with E-state index in [1.54, 1.807) is 0 Å². The Kier molecular flexibility index (Phi) is 9.12. The molecular formula is C77H44N4. The molecule has 0 fully saturated rings. The lowest BCUT2D eigenvalue weighted by Crippen LogP contribution is -2.26. The maximum atomic E-state index is 5.23. The van der Waals surface area contributed by atoms with Gasteiger partial charge in [0, 0.05) is 65.3 Å². The van der Waals surface area contributed by atoms with Gasteiger partial charge in [-0.1, -0.05) is 194 Å². The fraction of sp³-hybridized carbons (Fsp3) is 0.0130. The SMILES string of the molecule is c1ccc2c(-c3ccc4c(c3)C3(c5cc(-c6c7ccccc7nc7ccccc67)ccc5-4)c4cc(-c5c6ccccc6nc6ccccc56)ccc4-c4ccc(-c5c6ccccc6nc6ccccc56)cc43)c3ccccc3nc2c1. The highest BCUT2D eigenvalue weighted by molar-refractivity contribution is 6.15. The maximum Gasteiger partial charge on any atom is 0.0726 e. The van der Waals surface area contributed by atoms with Gasteiger partial charge in [-0.3, -0.25) is 0 Å². The molecule has 4 nitrogen and oxygen atoms in total. The number of fused-ring (bicyclic) bond motifs is 18. The van der Waals surface area contributed by atoms with Crippen molar-refractivity contribution in [3.05, 3.63) is 289 Å². The van der Waals surface area contributed by atoms with Gasteiger partial charge >= 0.3 is 0 Å². The van der Waals surface area contributed by atoms with Gasteiger partial charge in [-0.2, -0.15) is 0 Å². The van der Waals surface area contributed by atoms with Crippen molar-refractivity contribution in [3.63, 3.8) is 0 Å². The van der Waals surface area contributed by atoms with Crippen LogP contribution in [-0.4, -0.2) is 19.9 Å². The standard InChI is InChI=1S/C77H44N4/c1-9-25-65-53(17-1)73(54-18-2-10-26-66(54)78-65)45-33-37-49-50-38-34-46(74-55-19-3-11-27-67(55)79-68-28-12-4-20-56(68)74)42-62(50)77(61(49)41-45)63-43-47(75-57-21-5-13-29-69(57)80-70-30-14-6-22-58(70)75)35-39-51(63)52-40-36-48(44-64(52)77)76-59-23-7-15-31-71(59)81-72-32-16-8-24-60(72)76/h1-44H. The molecule has 4 heteroatoms. The largest absolute Gasteiger partial charge is 0.248 e. The zero-order chi connectivity index (χ0) is 52.9. The van der Waals surface area contributed by atoms with Crippen molar-refractivity contribution >= 4 is 87.2 Å². The van der Waals surface area contributed by atoms with Gasteiger partial charge in [0.25, 0.3) is 0 Å². The van der Waals surface area contributed by atoms with E-state index in [0.717, 1.165) is 109 Å². The molecule has 0 unspecified atom stereocenters. The van der Waals surface area contributed by atoms with Crippen molar-refractivity contribution in [3.8, 4) is 66.8 Å². The molecule has 0 bridgehead atoms. The van der Waals surface area contributed by atoms with Crippen molar-refractivity contribution < 1.29 is 0 Å². The fourth-order valence-electron chi connectivity index (χ4n) is 14.5. The lowest BCUT2D eigenvalue weighted by Gasteiger charge is -2.32. The van der Waals surface area contributed by atoms with Crippen LogP contribution in [0.1, 0.15) is 22.3 Å². The summed E-state index contributed by atoms with van der Waals surface area (Å²) in [5.41, 5.74) is 26.3. The van der Waals surface area contributed by atoms with E-state index in [1.807, 2.05) is 0 Å². The Labute approximate surface area is 466 Å². The Balaban J connectivity index is 1.01. The number of hydrogen-bond donors (Lipinski definition) is 0. The average Bonchev–Trinajstić information content (AvgIpc) is 3.11. The molecule has 0 N–H and O–H groups in total. The molecule has 2 aliphatic carbocycles. The van der Waals surface area contributed by atoms with Crippen molar-refractivity contribution in [1.82, 2.24) is 19.9 Å². The first-order valence-corrected chi connectivity index (χ1v) is 27.9. The Morgan fingerprint density at radius 2 is 0.358 bits per heavy atom. The van der Waals surface area contributed by atoms with Crippen LogP contribution in [0, 0.1) is 0 Å². The topological polar surface area (TPSA) is 51.6 Å². The summed E-state index contributed by atoms with van der Waals surface area (Å²) in [6.07, 6.45) is 0. The molecule has 0 amide bonds. The van der Waals surface area contributed by atoms with Crippen molar-refractivity contribution in [2.75, 3.05) is 0 Å². The molecule has 1 spiro atoms. The van der Waals surface area contributed by atoms with E-state index >= 15 is 0 Å². The number of nitrogens with zero attached hydrogens (tertiary/aromatic N) is 4. The highest BCUT2D eigenvalue weighted by Crippen LogP contribution is 2.65. The van der Waals surface area contributed by atoms with Crippen LogP contribution in [0.2, 0.25) is 0 Å². The summed E-state index contributed by atoms with van der Waals surface area (Å²) >= 11 is 0. The Morgan fingerprint density at radius 3 is 0.543 bits per heavy atom. The molecule has 16 aromatic rings. The van der Waals surface area contributed by atoms with Crippen molar-refractivity contribution in [2.24, 2.45) is 0 Å². The Morgan fingerprint density at radius 1 is 0.185 bits per heavy atom. The Hall–Kier alpha value is -10.7. The monoisotopic (exact) mass is 1020 g/mol. The van der Waals surface area contributed by atoms with Gasteiger partial charge in [0.1, 0.15) is 0 Å². The van der Waals surface area contributed by atoms with Crippen LogP contribution in [0.25, 0.3) is 154 Å². The second-order valence-corrected chi connectivity index (χ2v) is 21.9. The van der Waals surface area contributed by atoms with Crippen molar-refractivity contribution in [2.45, 2.75) is 5.41 Å². The first-order valence-electron chi connectivity index (χ1n) is 27.9. The Bertz CT molecular complexity index is 4550. The van der Waals surface area contributed by atoms with E-state index < -0.39 is 5.41 Å². The molecule has 372 valence electrons. The predicted octanol–water partition coefficient (Wildman–Crippen LogP) is 19.5. The van der Waals surface area contributed by atoms with Gasteiger partial charge < -0.3 is 0 Å². The van der Waals surface area contributed by atoms with Crippen LogP contribution in [-0.2, 0) is 5.41 Å². The van der Waals surface area contributed by atoms with Crippen LogP contribution < -0.4 is 0 Å². The van der Waals surface area contributed by atoms with E-state index in [2.05, 4.69) is 267 Å². The summed E-state index contributed by atoms with van der Waals surface area (Å²) in [5, 5.41) is 9.03. The van der Waals surface area contributed by atoms with Gasteiger partial charge in [-0.15, -0.1) is 0 Å². The molecule has 4 heterocycles. The van der Waals surface area contributed by atoms with Gasteiger partial charge in [0.2, 0.25) is 0 Å². The molecule has 0 aliphatic heterocycles. The first-order chi connectivity index (χ1) is 40.2. The molecule has 0 saturated carbocycles. The molecule has 0 saturated heterocycles. The molecule has 18 rings (SSSR count). The zero-order valence-electron chi connectivity index (χ0n) is 43.7. The molecule has 81 heavy (non-hydrogen) atoms. The van der Waals surface area contributed by atoms with E-state index in [0.29, 0.717) is 0 Å². The minimum Gasteiger partial charge on any atom is -0.248 e. The van der Waals surface area contributed by atoms with Gasteiger partial charge in [-0.05, 0) is 140 Å². The van der Waals surface area contributed by atoms with E-state index in [1.165, 1.54) is 66.8 Å². The van der Waals surface area contributed by atoms with Crippen LogP contribution in [0.4, 0.5) is 0 Å². The molecule has 12 aromatic carbocycles. The van der Waals surface area contributed by atoms with Gasteiger partial charge in [0.05, 0.1) is 49.5 Å². The normalized spacial score (nSPS) is 13.0. The smallest absolute Gasteiger partial charge is 0.0726 e. The molecule has 0 atom stereocenters. The third kappa shape index (κ3) is 6.19. The molecular weight excluding hydrogens is 981 g/mol. The van der Waals surface area contributed by atoms with E-state index in [4.69, 9.17) is 19.9 Å². The second-order valence-electron chi connectivity index (χ2n) is 21.9. The number of pyridine rings is 4. The molecule has 4 aromatic heterocycles. The van der Waals surface area contributed by atoms with E-state index in [9.17, 15) is 0 Å². The molecule has 2 aliphatic rings. The van der Waals surface area contributed by atoms with Crippen LogP contribution in [0.3, 0.4) is 0 Å². The first kappa shape index (κ1) is 44.3. The number of rotatable bonds is 4. The zero-order valence-corrected chi connectivity index (χ0v) is 43.7. The fourth-order valence-corrected chi connectivity index (χ4v) is 14.5. The summed E-state index contributed by atoms with van der Waals surface area (Å²) in [6, 6.07) is 98.4. The second kappa shape index (κ2) is 16.7. The van der Waals surface area contributed by atoms with Crippen LogP contribution in [0.15, 0.2) is 267 Å². The molecule has 0 radical (unpaired) electrons. The minimum absolute atomic E-state index is 0.818. The van der Waals surface area contributed by atoms with Crippen LogP contribution >= 0.6 is 0 Å². The quantitative estimate of drug-likeness (QED) is 0.165. The number of aromatic nitrogens is 4. The number of hydrogen-bond acceptors (Lipinski definition) is 4. The maximum absolute atomic E-state index is 5.23. The summed E-state index contributed by atoms with van der Waals surface area (Å²) in [6.45, 7) is 0. The summed E-state index contributed by atoms with van der Waals surface area (Å²) < 4.78 is 0. The minimum atomic E-state index is -0.818. The van der Waals surface area contributed by atoms with Gasteiger partial charge in [-0.25, -0.2) is 19.9 Å². The number of benzene rings is 12. The summed E-state index contributed by atoms with van der Waals surface area (Å²) in [4.78, 5) is 20.9. The third-order valence-corrected chi connectivity index (χ3v) is 17.8. The summed E-state index contributed by atoms with van der Waals surface area (Å²) in [5.74, 6) is 0. The van der Waals surface area contributed by atoms with Gasteiger partial charge in [0.15, 0.2) is 0 Å². The van der Waals surface area contributed by atoms with E-state index in [-0.39, 0.29) is 0 Å². The lowest BCUT2D eigenvalue weighted by atomic mass is 9.69. The number of para-hydroxylation sites is 8. The predicted molar refractivity (Wildman–Crippen MR) is 336 cm³/mol. The third-order valence-electron chi connectivity index (χ3n) is 17.8. The summed E-state index contributed by atoms with van der Waals surface area (Å²) in [7, 11) is 0. The average molecular weight is 1030 g/mol.